The molecular weight excluding hydrogens is 209 g/mol. The van der Waals surface area contributed by atoms with Crippen LogP contribution in [0.3, 0.4) is 0 Å². The van der Waals surface area contributed by atoms with E-state index in [1.807, 2.05) is 24.3 Å². The smallest absolute Gasteiger partial charge is 0.0655 e. The summed E-state index contributed by atoms with van der Waals surface area (Å²) in [5.41, 5.74) is 6.79. The van der Waals surface area contributed by atoms with Gasteiger partial charge in [0.2, 0.25) is 0 Å². The summed E-state index contributed by atoms with van der Waals surface area (Å²) in [5, 5.41) is 0.707. The maximum absolute atomic E-state index is 5.79. The molecule has 2 nitrogen and oxygen atoms in total. The van der Waals surface area contributed by atoms with Crippen molar-refractivity contribution in [2.75, 3.05) is 13.7 Å². The Hall–Kier alpha value is -0.280. The predicted octanol–water partition coefficient (Wildman–Crippen LogP) is 2.41. The van der Waals surface area contributed by atoms with Gasteiger partial charge in [-0.25, -0.2) is 0 Å². The van der Waals surface area contributed by atoms with E-state index >= 15 is 0 Å². The summed E-state index contributed by atoms with van der Waals surface area (Å²) >= 11 is 5.79. The molecule has 2 N–H and O–H groups in total. The first-order valence-corrected chi connectivity index (χ1v) is 4.12. The zero-order chi connectivity index (χ0) is 8.97. The molecule has 74 valence electrons. The lowest BCUT2D eigenvalue weighted by molar-refractivity contribution is 0.181. The third kappa shape index (κ3) is 3.96. The maximum atomic E-state index is 5.79. The predicted molar refractivity (Wildman–Crippen MR) is 57.5 cm³/mol. The van der Waals surface area contributed by atoms with Crippen molar-refractivity contribution in [3.63, 3.8) is 0 Å². The summed E-state index contributed by atoms with van der Waals surface area (Å²) in [6, 6.07) is 7.41. The van der Waals surface area contributed by atoms with Crippen LogP contribution in [0.5, 0.6) is 0 Å². The molecule has 1 rings (SSSR count). The molecule has 0 unspecified atom stereocenters. The molecule has 0 spiro atoms. The van der Waals surface area contributed by atoms with E-state index < -0.39 is 0 Å². The van der Waals surface area contributed by atoms with E-state index in [1.54, 1.807) is 7.11 Å². The van der Waals surface area contributed by atoms with Gasteiger partial charge in [-0.05, 0) is 17.7 Å². The van der Waals surface area contributed by atoms with Crippen molar-refractivity contribution in [1.82, 2.24) is 0 Å². The van der Waals surface area contributed by atoms with Gasteiger partial charge in [0.15, 0.2) is 0 Å². The van der Waals surface area contributed by atoms with E-state index in [1.165, 1.54) is 0 Å². The largest absolute Gasteiger partial charge is 0.383 e. The number of hydrogen-bond acceptors (Lipinski definition) is 2. The third-order valence-corrected chi connectivity index (χ3v) is 1.86. The summed E-state index contributed by atoms with van der Waals surface area (Å²) < 4.78 is 4.93. The van der Waals surface area contributed by atoms with E-state index in [2.05, 4.69) is 0 Å². The van der Waals surface area contributed by atoms with Crippen LogP contribution in [0.25, 0.3) is 0 Å². The molecule has 0 aromatic heterocycles. The highest BCUT2D eigenvalue weighted by Crippen LogP contribution is 2.15. The van der Waals surface area contributed by atoms with E-state index in [0.29, 0.717) is 11.6 Å². The summed E-state index contributed by atoms with van der Waals surface area (Å²) in [5.74, 6) is 0. The van der Waals surface area contributed by atoms with Crippen LogP contribution in [0.15, 0.2) is 24.3 Å². The SMILES string of the molecule is COC[C@@H](N)c1cccc(Cl)c1.Cl. The molecule has 13 heavy (non-hydrogen) atoms. The lowest BCUT2D eigenvalue weighted by Crippen LogP contribution is -2.15. The molecule has 1 aromatic carbocycles. The number of ether oxygens (including phenoxy) is 1. The fourth-order valence-electron chi connectivity index (χ4n) is 1.01. The van der Waals surface area contributed by atoms with Crippen molar-refractivity contribution in [3.05, 3.63) is 34.9 Å². The molecule has 4 heteroatoms. The van der Waals surface area contributed by atoms with Gasteiger partial charge in [-0.3, -0.25) is 0 Å². The van der Waals surface area contributed by atoms with Gasteiger partial charge in [0.1, 0.15) is 0 Å². The topological polar surface area (TPSA) is 35.2 Å². The first-order chi connectivity index (χ1) is 5.74. The Labute approximate surface area is 89.4 Å². The third-order valence-electron chi connectivity index (χ3n) is 1.62. The van der Waals surface area contributed by atoms with Crippen molar-refractivity contribution >= 4 is 24.0 Å². The van der Waals surface area contributed by atoms with E-state index in [0.717, 1.165) is 5.56 Å². The maximum Gasteiger partial charge on any atom is 0.0655 e. The highest BCUT2D eigenvalue weighted by atomic mass is 35.5. The second-order valence-corrected chi connectivity index (χ2v) is 3.05. The van der Waals surface area contributed by atoms with E-state index in [9.17, 15) is 0 Å². The van der Waals surface area contributed by atoms with Crippen molar-refractivity contribution in [2.45, 2.75) is 6.04 Å². The van der Waals surface area contributed by atoms with Crippen LogP contribution in [-0.2, 0) is 4.74 Å². The monoisotopic (exact) mass is 221 g/mol. The Bertz CT molecular complexity index is 255. The number of methoxy groups -OCH3 is 1. The second-order valence-electron chi connectivity index (χ2n) is 2.62. The fourth-order valence-corrected chi connectivity index (χ4v) is 1.21. The Morgan fingerprint density at radius 3 is 2.77 bits per heavy atom. The molecule has 0 aliphatic heterocycles. The van der Waals surface area contributed by atoms with Gasteiger partial charge in [0.05, 0.1) is 12.6 Å². The van der Waals surface area contributed by atoms with Crippen molar-refractivity contribution in [2.24, 2.45) is 5.73 Å². The minimum atomic E-state index is -0.0892. The molecule has 0 amide bonds. The molecule has 0 saturated carbocycles. The first kappa shape index (κ1) is 12.7. The van der Waals surface area contributed by atoms with Crippen LogP contribution in [0.2, 0.25) is 5.02 Å². The molecule has 0 fully saturated rings. The van der Waals surface area contributed by atoms with Gasteiger partial charge >= 0.3 is 0 Å². The molecular formula is C9H13Cl2NO. The number of halogens is 2. The Morgan fingerprint density at radius 1 is 1.54 bits per heavy atom. The lowest BCUT2D eigenvalue weighted by atomic mass is 10.1. The van der Waals surface area contributed by atoms with Gasteiger partial charge in [-0.2, -0.15) is 0 Å². The Balaban J connectivity index is 0.00000144. The van der Waals surface area contributed by atoms with Gasteiger partial charge in [0.25, 0.3) is 0 Å². The summed E-state index contributed by atoms with van der Waals surface area (Å²) in [4.78, 5) is 0. The van der Waals surface area contributed by atoms with Gasteiger partial charge in [0, 0.05) is 12.1 Å². The molecule has 0 radical (unpaired) electrons. The zero-order valence-corrected chi connectivity index (χ0v) is 8.94. The normalized spacial score (nSPS) is 11.9. The van der Waals surface area contributed by atoms with Crippen molar-refractivity contribution < 1.29 is 4.74 Å². The van der Waals surface area contributed by atoms with Crippen LogP contribution in [0, 0.1) is 0 Å². The van der Waals surface area contributed by atoms with Gasteiger partial charge < -0.3 is 10.5 Å². The number of benzene rings is 1. The van der Waals surface area contributed by atoms with E-state index in [4.69, 9.17) is 22.1 Å². The first-order valence-electron chi connectivity index (χ1n) is 3.74. The minimum absolute atomic E-state index is 0. The summed E-state index contributed by atoms with van der Waals surface area (Å²) in [7, 11) is 1.63. The number of rotatable bonds is 3. The fraction of sp³-hybridized carbons (Fsp3) is 0.333. The molecule has 0 aliphatic rings. The summed E-state index contributed by atoms with van der Waals surface area (Å²) in [6.45, 7) is 0.514. The Morgan fingerprint density at radius 2 is 2.23 bits per heavy atom. The average Bonchev–Trinajstić information content (AvgIpc) is 2.05. The minimum Gasteiger partial charge on any atom is -0.383 e. The number of nitrogens with two attached hydrogens (primary N) is 1. The van der Waals surface area contributed by atoms with Crippen molar-refractivity contribution in [3.8, 4) is 0 Å². The highest BCUT2D eigenvalue weighted by Gasteiger charge is 2.04. The van der Waals surface area contributed by atoms with Crippen LogP contribution in [-0.4, -0.2) is 13.7 Å². The summed E-state index contributed by atoms with van der Waals surface area (Å²) in [6.07, 6.45) is 0. The van der Waals surface area contributed by atoms with E-state index in [-0.39, 0.29) is 18.4 Å². The standard InChI is InChI=1S/C9H12ClNO.ClH/c1-12-6-9(11)7-3-2-4-8(10)5-7;/h2-5,9H,6,11H2,1H3;1H/t9-;/m1./s1. The second kappa shape index (κ2) is 6.22. The van der Waals surface area contributed by atoms with Crippen LogP contribution >= 0.6 is 24.0 Å². The van der Waals surface area contributed by atoms with Gasteiger partial charge in [-0.1, -0.05) is 23.7 Å². The van der Waals surface area contributed by atoms with Gasteiger partial charge in [-0.15, -0.1) is 12.4 Å². The van der Waals surface area contributed by atoms with Crippen LogP contribution < -0.4 is 5.73 Å². The molecule has 0 saturated heterocycles. The molecule has 0 heterocycles. The quantitative estimate of drug-likeness (QED) is 0.852. The van der Waals surface area contributed by atoms with Crippen molar-refractivity contribution in [1.29, 1.82) is 0 Å². The molecule has 0 aliphatic carbocycles. The van der Waals surface area contributed by atoms with Crippen LogP contribution in [0.4, 0.5) is 0 Å². The molecule has 1 aromatic rings. The lowest BCUT2D eigenvalue weighted by Gasteiger charge is -2.10. The molecule has 1 atom stereocenters. The van der Waals surface area contributed by atoms with Crippen LogP contribution in [0.1, 0.15) is 11.6 Å². The molecule has 0 bridgehead atoms. The number of hydrogen-bond donors (Lipinski definition) is 1. The highest BCUT2D eigenvalue weighted by molar-refractivity contribution is 6.30. The average molecular weight is 222 g/mol. The zero-order valence-electron chi connectivity index (χ0n) is 7.37. The Kier molecular flexibility index (Phi) is 6.08.